The minimum atomic E-state index is 0.662. The summed E-state index contributed by atoms with van der Waals surface area (Å²) < 4.78 is 16.3. The van der Waals surface area contributed by atoms with E-state index in [9.17, 15) is 0 Å². The van der Waals surface area contributed by atoms with Gasteiger partial charge in [-0.3, -0.25) is 0 Å². The van der Waals surface area contributed by atoms with Crippen molar-refractivity contribution in [3.05, 3.63) is 62.5 Å². The zero-order chi connectivity index (χ0) is 19.8. The fourth-order valence-electron chi connectivity index (χ4n) is 3.45. The van der Waals surface area contributed by atoms with Gasteiger partial charge in [0.2, 0.25) is 0 Å². The number of ether oxygens (including phenoxy) is 3. The zero-order valence-electron chi connectivity index (χ0n) is 16.6. The third-order valence-corrected chi connectivity index (χ3v) is 4.85. The fraction of sp³-hybridized carbons (Fsp3) is 0.227. The van der Waals surface area contributed by atoms with Crippen LogP contribution in [0.25, 0.3) is 17.8 Å². The lowest BCUT2D eigenvalue weighted by atomic mass is 10.2. The number of hydrogen-bond acceptors (Lipinski definition) is 4. The van der Waals surface area contributed by atoms with E-state index in [0.717, 1.165) is 44.1 Å². The lowest BCUT2D eigenvalue weighted by Gasteiger charge is -2.05. The van der Waals surface area contributed by atoms with E-state index >= 15 is 0 Å². The zero-order valence-corrected chi connectivity index (χ0v) is 16.6. The van der Waals surface area contributed by atoms with Crippen molar-refractivity contribution in [2.45, 2.75) is 13.8 Å². The minimum absolute atomic E-state index is 0.662. The molecule has 1 aliphatic rings. The van der Waals surface area contributed by atoms with Crippen LogP contribution in [0.2, 0.25) is 0 Å². The van der Waals surface area contributed by atoms with Crippen LogP contribution in [0.4, 0.5) is 0 Å². The van der Waals surface area contributed by atoms with Gasteiger partial charge in [-0.2, -0.15) is 0 Å². The van der Waals surface area contributed by atoms with Crippen molar-refractivity contribution < 1.29 is 14.2 Å². The third-order valence-electron chi connectivity index (χ3n) is 4.85. The molecule has 6 nitrogen and oxygen atoms in total. The highest BCUT2D eigenvalue weighted by atomic mass is 16.5. The summed E-state index contributed by atoms with van der Waals surface area (Å²) >= 11 is 0. The molecule has 0 radical (unpaired) electrons. The van der Waals surface area contributed by atoms with E-state index in [1.807, 2.05) is 31.2 Å². The lowest BCUT2D eigenvalue weighted by molar-refractivity contribution is 0.354. The maximum Gasteiger partial charge on any atom is 0.162 e. The topological polar surface area (TPSA) is 71.6 Å². The first-order valence-corrected chi connectivity index (χ1v) is 9.00. The molecule has 2 N–H and O–H groups in total. The van der Waals surface area contributed by atoms with Gasteiger partial charge in [0.1, 0.15) is 5.75 Å². The van der Waals surface area contributed by atoms with Crippen LogP contribution in [-0.2, 0) is 0 Å². The van der Waals surface area contributed by atoms with Crippen molar-refractivity contribution in [3.63, 3.8) is 0 Å². The highest BCUT2D eigenvalue weighted by Gasteiger charge is 2.10. The Morgan fingerprint density at radius 1 is 0.857 bits per heavy atom. The second kappa shape index (κ2) is 6.96. The summed E-state index contributed by atoms with van der Waals surface area (Å²) in [5.74, 6) is 2.11. The molecule has 144 valence electrons. The number of hydrogen-bond donors (Lipinski definition) is 2. The summed E-state index contributed by atoms with van der Waals surface area (Å²) in [6.07, 6.45) is 4.08. The molecule has 6 heteroatoms. The number of benzene rings is 1. The smallest absolute Gasteiger partial charge is 0.162 e. The van der Waals surface area contributed by atoms with Crippen LogP contribution in [0.5, 0.6) is 17.2 Å². The lowest BCUT2D eigenvalue weighted by Crippen LogP contribution is -2.21. The highest BCUT2D eigenvalue weighted by Crippen LogP contribution is 2.22. The van der Waals surface area contributed by atoms with Crippen molar-refractivity contribution in [2.75, 3.05) is 21.3 Å². The molecule has 3 aromatic rings. The van der Waals surface area contributed by atoms with Gasteiger partial charge in [-0.05, 0) is 43.7 Å². The van der Waals surface area contributed by atoms with Crippen molar-refractivity contribution >= 4 is 17.8 Å². The number of methoxy groups -OCH3 is 3. The molecule has 0 unspecified atom stereocenters. The van der Waals surface area contributed by atoms with Crippen LogP contribution < -0.4 is 35.5 Å². The number of nitrogens with one attached hydrogen (secondary N) is 2. The predicted octanol–water partition coefficient (Wildman–Crippen LogP) is 1.04. The van der Waals surface area contributed by atoms with Gasteiger partial charge in [0, 0.05) is 28.7 Å². The van der Waals surface area contributed by atoms with Gasteiger partial charge in [-0.15, -0.1) is 0 Å². The van der Waals surface area contributed by atoms with Crippen LogP contribution in [0, 0.1) is 13.8 Å². The standard InChI is InChI=1S/C22H23N3O3/c1-12-6-13(2)23-15(12)9-19-20(26-3)11-18(25-19)17-7-14-8-21(27-4)22(28-5)10-16(14)24-17/h6-11,23,25H,1-5H3. The first-order valence-electron chi connectivity index (χ1n) is 9.00. The Kier molecular flexibility index (Phi) is 4.47. The molecular formula is C22H23N3O3. The average molecular weight is 377 g/mol. The van der Waals surface area contributed by atoms with Gasteiger partial charge in [0.05, 0.1) is 43.1 Å². The molecule has 0 aliphatic carbocycles. The Hall–Kier alpha value is -3.41. The minimum Gasteiger partial charge on any atom is -0.494 e. The van der Waals surface area contributed by atoms with Crippen molar-refractivity contribution in [2.24, 2.45) is 4.99 Å². The number of rotatable bonds is 4. The van der Waals surface area contributed by atoms with Gasteiger partial charge in [-0.25, -0.2) is 4.99 Å². The van der Waals surface area contributed by atoms with Gasteiger partial charge >= 0.3 is 0 Å². The molecule has 0 atom stereocenters. The Labute approximate surface area is 162 Å². The van der Waals surface area contributed by atoms with Gasteiger partial charge < -0.3 is 24.2 Å². The predicted molar refractivity (Wildman–Crippen MR) is 109 cm³/mol. The van der Waals surface area contributed by atoms with Crippen molar-refractivity contribution in [1.82, 2.24) is 9.97 Å². The van der Waals surface area contributed by atoms with Crippen LogP contribution in [0.15, 0.2) is 29.3 Å². The number of aromatic amines is 2. The van der Waals surface area contributed by atoms with E-state index in [2.05, 4.69) is 29.0 Å². The van der Waals surface area contributed by atoms with E-state index in [1.54, 1.807) is 21.3 Å². The first-order chi connectivity index (χ1) is 13.5. The second-order valence-corrected chi connectivity index (χ2v) is 6.77. The number of fused-ring (bicyclic) bond motifs is 1. The molecule has 0 saturated heterocycles. The summed E-state index contributed by atoms with van der Waals surface area (Å²) in [6, 6.07) is 7.90. The maximum atomic E-state index is 5.57. The molecule has 0 amide bonds. The summed E-state index contributed by atoms with van der Waals surface area (Å²) in [7, 11) is 4.92. The molecule has 0 spiro atoms. The average Bonchev–Trinajstić information content (AvgIpc) is 3.36. The van der Waals surface area contributed by atoms with E-state index in [4.69, 9.17) is 19.2 Å². The van der Waals surface area contributed by atoms with Gasteiger partial charge in [0.15, 0.2) is 11.5 Å². The molecule has 0 fully saturated rings. The van der Waals surface area contributed by atoms with Crippen LogP contribution >= 0.6 is 0 Å². The fourth-order valence-corrected chi connectivity index (χ4v) is 3.45. The van der Waals surface area contributed by atoms with E-state index in [1.165, 1.54) is 5.56 Å². The second-order valence-electron chi connectivity index (χ2n) is 6.77. The largest absolute Gasteiger partial charge is 0.494 e. The first kappa shape index (κ1) is 18.0. The van der Waals surface area contributed by atoms with Crippen LogP contribution in [0.1, 0.15) is 17.0 Å². The summed E-state index contributed by atoms with van der Waals surface area (Å²) in [5.41, 5.74) is 4.20. The van der Waals surface area contributed by atoms with E-state index < -0.39 is 0 Å². The number of aromatic nitrogens is 2. The van der Waals surface area contributed by atoms with Crippen molar-refractivity contribution in [1.29, 1.82) is 0 Å². The number of aryl methyl sites for hydroxylation is 2. The molecular weight excluding hydrogens is 354 g/mol. The van der Waals surface area contributed by atoms with E-state index in [-0.39, 0.29) is 0 Å². The van der Waals surface area contributed by atoms with Gasteiger partial charge in [-0.1, -0.05) is 0 Å². The quantitative estimate of drug-likeness (QED) is 0.714. The SMILES string of the molecule is COc1cc2c(cc1OC)=NC(=c1cc(OC)c(=Cc3[nH]c(C)cc3C)[nH]1)C=2. The monoisotopic (exact) mass is 377 g/mol. The van der Waals surface area contributed by atoms with Crippen LogP contribution in [-0.4, -0.2) is 31.3 Å². The molecule has 4 rings (SSSR count). The Balaban J connectivity index is 1.90. The molecule has 1 aliphatic heterocycles. The highest BCUT2D eigenvalue weighted by molar-refractivity contribution is 5.77. The molecule has 2 aromatic heterocycles. The van der Waals surface area contributed by atoms with Gasteiger partial charge in [0.25, 0.3) is 0 Å². The summed E-state index contributed by atoms with van der Waals surface area (Å²) in [5, 5.41) is 3.62. The Morgan fingerprint density at radius 3 is 2.21 bits per heavy atom. The molecule has 28 heavy (non-hydrogen) atoms. The van der Waals surface area contributed by atoms with E-state index in [0.29, 0.717) is 11.5 Å². The summed E-state index contributed by atoms with van der Waals surface area (Å²) in [6.45, 7) is 4.13. The van der Waals surface area contributed by atoms with Crippen LogP contribution in [0.3, 0.4) is 0 Å². The molecule has 0 bridgehead atoms. The normalized spacial score (nSPS) is 15.1. The number of H-pyrrole nitrogens is 2. The molecule has 3 heterocycles. The molecule has 1 aromatic carbocycles. The Morgan fingerprint density at radius 2 is 1.57 bits per heavy atom. The third kappa shape index (κ3) is 3.07. The molecule has 0 saturated carbocycles. The number of nitrogens with zero attached hydrogens (tertiary/aromatic N) is 1. The maximum absolute atomic E-state index is 5.57. The summed E-state index contributed by atoms with van der Waals surface area (Å²) in [4.78, 5) is 11.5. The Bertz CT molecular complexity index is 1250. The van der Waals surface area contributed by atoms with Crippen molar-refractivity contribution in [3.8, 4) is 17.2 Å².